The van der Waals surface area contributed by atoms with Gasteiger partial charge < -0.3 is 20.1 Å². The summed E-state index contributed by atoms with van der Waals surface area (Å²) in [4.78, 5) is 24.2. The van der Waals surface area contributed by atoms with E-state index in [2.05, 4.69) is 0 Å². The van der Waals surface area contributed by atoms with Crippen molar-refractivity contribution in [2.24, 2.45) is 5.92 Å². The maximum atomic E-state index is 12.3. The Morgan fingerprint density at radius 1 is 1.16 bits per heavy atom. The maximum Gasteiger partial charge on any atom is 0.342 e. The van der Waals surface area contributed by atoms with Gasteiger partial charge in [-0.3, -0.25) is 4.79 Å². The van der Waals surface area contributed by atoms with Gasteiger partial charge >= 0.3 is 5.97 Å². The molecule has 0 saturated carbocycles. The predicted octanol–water partition coefficient (Wildman–Crippen LogP) is 1.76. The minimum atomic E-state index is -1.52. The Kier molecular flexibility index (Phi) is 6.12. The third kappa shape index (κ3) is 4.78. The minimum Gasteiger partial charge on any atom is -0.507 e. The summed E-state index contributed by atoms with van der Waals surface area (Å²) in [5, 5.41) is 29.9. The van der Waals surface area contributed by atoms with Gasteiger partial charge in [0.2, 0.25) is 0 Å². The summed E-state index contributed by atoms with van der Waals surface area (Å²) in [5.41, 5.74) is 1.24. The number of rotatable bonds is 0. The highest BCUT2D eigenvalue weighted by Gasteiger charge is 2.22. The normalized spacial score (nSPS) is 27.8. The van der Waals surface area contributed by atoms with Crippen molar-refractivity contribution in [2.75, 3.05) is 6.61 Å². The van der Waals surface area contributed by atoms with Crippen LogP contribution in [0.1, 0.15) is 34.8 Å². The lowest BCUT2D eigenvalue weighted by Crippen LogP contribution is -2.32. The van der Waals surface area contributed by atoms with Crippen LogP contribution >= 0.6 is 0 Å². The molecule has 6 nitrogen and oxygen atoms in total. The lowest BCUT2D eigenvalue weighted by molar-refractivity contribution is -0.127. The monoisotopic (exact) mass is 346 g/mol. The van der Waals surface area contributed by atoms with Gasteiger partial charge in [-0.25, -0.2) is 4.79 Å². The summed E-state index contributed by atoms with van der Waals surface area (Å²) in [6.45, 7) is 3.52. The molecule has 0 fully saturated rings. The van der Waals surface area contributed by atoms with Crippen molar-refractivity contribution < 1.29 is 29.6 Å². The number of aromatic hydroxyl groups is 1. The molecule has 3 atom stereocenters. The van der Waals surface area contributed by atoms with Crippen molar-refractivity contribution in [2.45, 2.75) is 32.5 Å². The van der Waals surface area contributed by atoms with Crippen LogP contribution in [0.3, 0.4) is 0 Å². The van der Waals surface area contributed by atoms with E-state index in [0.29, 0.717) is 5.56 Å². The molecule has 0 aromatic heterocycles. The van der Waals surface area contributed by atoms with Gasteiger partial charge in [0.25, 0.3) is 0 Å². The van der Waals surface area contributed by atoms with Crippen LogP contribution in [0.2, 0.25) is 0 Å². The molecule has 1 aromatic rings. The predicted molar refractivity (Wildman–Crippen MR) is 92.1 cm³/mol. The van der Waals surface area contributed by atoms with E-state index in [1.54, 1.807) is 26.0 Å². The Bertz CT molecular complexity index is 719. The average Bonchev–Trinajstić information content (AvgIpc) is 2.55. The van der Waals surface area contributed by atoms with E-state index in [9.17, 15) is 24.9 Å². The van der Waals surface area contributed by atoms with Crippen LogP contribution in [0.25, 0.3) is 6.08 Å². The molecule has 2 rings (SSSR count). The number of carbonyl (C=O) groups is 2. The topological polar surface area (TPSA) is 104 Å². The number of hydrogen-bond donors (Lipinski definition) is 3. The number of phenols is 1. The Hall–Kier alpha value is -2.44. The zero-order valence-electron chi connectivity index (χ0n) is 14.2. The summed E-state index contributed by atoms with van der Waals surface area (Å²) in [6.07, 6.45) is 2.99. The second-order valence-electron chi connectivity index (χ2n) is 6.24. The van der Waals surface area contributed by atoms with E-state index in [-0.39, 0.29) is 30.3 Å². The van der Waals surface area contributed by atoms with Gasteiger partial charge in [-0.05, 0) is 36.6 Å². The lowest BCUT2D eigenvalue weighted by Gasteiger charge is -2.15. The molecule has 1 aliphatic rings. The summed E-state index contributed by atoms with van der Waals surface area (Å²) in [7, 11) is 0. The van der Waals surface area contributed by atoms with Gasteiger partial charge in [-0.1, -0.05) is 31.2 Å². The summed E-state index contributed by atoms with van der Waals surface area (Å²) in [5.74, 6) is -1.73. The Balaban J connectivity index is 2.42. The molecule has 3 N–H and O–H groups in total. The van der Waals surface area contributed by atoms with E-state index >= 15 is 0 Å². The van der Waals surface area contributed by atoms with Crippen molar-refractivity contribution in [1.82, 2.24) is 0 Å². The number of cyclic esters (lactones) is 1. The van der Waals surface area contributed by atoms with Crippen molar-refractivity contribution in [3.05, 3.63) is 47.1 Å². The lowest BCUT2D eigenvalue weighted by atomic mass is 10.00. The Labute approximate surface area is 146 Å². The molecule has 0 radical (unpaired) electrons. The fraction of sp³-hybridized carbons (Fsp3) is 0.368. The molecule has 0 spiro atoms. The number of carbonyl (C=O) groups excluding carboxylic acids is 2. The van der Waals surface area contributed by atoms with E-state index in [1.807, 2.05) is 0 Å². The van der Waals surface area contributed by atoms with Crippen molar-refractivity contribution >= 4 is 17.8 Å². The first kappa shape index (κ1) is 18.9. The number of ether oxygens (including phenoxy) is 1. The zero-order chi connectivity index (χ0) is 18.6. The molecule has 0 aliphatic carbocycles. The first-order valence-electron chi connectivity index (χ1n) is 8.05. The first-order valence-corrected chi connectivity index (χ1v) is 8.05. The van der Waals surface area contributed by atoms with Crippen LogP contribution < -0.4 is 0 Å². The molecular weight excluding hydrogens is 324 g/mol. The molecule has 134 valence electrons. The molecule has 0 amide bonds. The number of aliphatic hydroxyl groups excluding tert-OH is 2. The van der Waals surface area contributed by atoms with Gasteiger partial charge in [-0.15, -0.1) is 0 Å². The number of ketones is 1. The van der Waals surface area contributed by atoms with Gasteiger partial charge in [0.05, 0.1) is 12.7 Å². The van der Waals surface area contributed by atoms with Crippen LogP contribution in [-0.2, 0) is 9.53 Å². The number of fused-ring (bicyclic) bond motifs is 1. The van der Waals surface area contributed by atoms with Crippen molar-refractivity contribution in [1.29, 1.82) is 0 Å². The molecular formula is C19H22O6. The van der Waals surface area contributed by atoms with Gasteiger partial charge in [-0.2, -0.15) is 0 Å². The van der Waals surface area contributed by atoms with Crippen LogP contribution in [0.5, 0.6) is 5.75 Å². The van der Waals surface area contributed by atoms with Crippen molar-refractivity contribution in [3.63, 3.8) is 0 Å². The minimum absolute atomic E-state index is 0.0116. The van der Waals surface area contributed by atoms with Crippen molar-refractivity contribution in [3.8, 4) is 5.75 Å². The zero-order valence-corrected chi connectivity index (χ0v) is 14.2. The average molecular weight is 346 g/mol. The number of aryl methyl sites for hydroxylation is 1. The number of benzene rings is 1. The SMILES string of the molecule is Cc1cc(O)c2c(c1)/C=C/C[C@H](O)[C@H](O)C(=O)/C=C/[C@@H](C)COC2=O. The smallest absolute Gasteiger partial charge is 0.342 e. The van der Waals surface area contributed by atoms with Crippen LogP contribution in [-0.4, -0.2) is 45.9 Å². The van der Waals surface area contributed by atoms with E-state index < -0.39 is 24.0 Å². The Morgan fingerprint density at radius 2 is 1.88 bits per heavy atom. The fourth-order valence-electron chi connectivity index (χ4n) is 2.49. The first-order chi connectivity index (χ1) is 11.8. The third-order valence-electron chi connectivity index (χ3n) is 3.89. The standard InChI is InChI=1S/C19H22O6/c1-11-6-7-15(21)18(23)14(20)5-3-4-13-8-12(2)9-16(22)17(13)19(24)25-10-11/h3-4,6-9,11,14,18,20,22-23H,5,10H2,1-2H3/b4-3+,7-6+/t11-,14+,18+/m1/s1. The number of hydrogen-bond acceptors (Lipinski definition) is 6. The summed E-state index contributed by atoms with van der Waals surface area (Å²) >= 11 is 0. The van der Waals surface area contributed by atoms with Crippen LogP contribution in [0.4, 0.5) is 0 Å². The second kappa shape index (κ2) is 8.09. The largest absolute Gasteiger partial charge is 0.507 e. The molecule has 0 bridgehead atoms. The van der Waals surface area contributed by atoms with E-state index in [4.69, 9.17) is 4.74 Å². The van der Waals surface area contributed by atoms with Gasteiger partial charge in [0.1, 0.15) is 17.4 Å². The molecule has 6 heteroatoms. The highest BCUT2D eigenvalue weighted by Crippen LogP contribution is 2.26. The van der Waals surface area contributed by atoms with Crippen LogP contribution in [0, 0.1) is 12.8 Å². The molecule has 25 heavy (non-hydrogen) atoms. The molecule has 1 heterocycles. The molecule has 1 aromatic carbocycles. The molecule has 0 unspecified atom stereocenters. The molecule has 1 aliphatic heterocycles. The second-order valence-corrected chi connectivity index (χ2v) is 6.24. The van der Waals surface area contributed by atoms with E-state index in [0.717, 1.165) is 5.56 Å². The quantitative estimate of drug-likeness (QED) is 0.619. The molecule has 0 saturated heterocycles. The highest BCUT2D eigenvalue weighted by molar-refractivity contribution is 5.97. The Morgan fingerprint density at radius 3 is 2.60 bits per heavy atom. The number of aliphatic hydroxyl groups is 2. The fourth-order valence-corrected chi connectivity index (χ4v) is 2.49. The number of esters is 1. The summed E-state index contributed by atoms with van der Waals surface area (Å²) < 4.78 is 5.22. The van der Waals surface area contributed by atoms with Gasteiger partial charge in [0, 0.05) is 5.92 Å². The van der Waals surface area contributed by atoms with Gasteiger partial charge in [0.15, 0.2) is 5.78 Å². The maximum absolute atomic E-state index is 12.3. The highest BCUT2D eigenvalue weighted by atomic mass is 16.5. The van der Waals surface area contributed by atoms with E-state index in [1.165, 1.54) is 24.3 Å². The third-order valence-corrected chi connectivity index (χ3v) is 3.89. The van der Waals surface area contributed by atoms with Crippen LogP contribution in [0.15, 0.2) is 30.4 Å². The summed E-state index contributed by atoms with van der Waals surface area (Å²) in [6, 6.07) is 3.17. The number of phenolic OH excluding ortho intramolecular Hbond substituents is 1.